The zero-order valence-corrected chi connectivity index (χ0v) is 12.5. The van der Waals surface area contributed by atoms with Crippen LogP contribution in [0.3, 0.4) is 0 Å². The van der Waals surface area contributed by atoms with E-state index in [-0.39, 0.29) is 5.82 Å². The Kier molecular flexibility index (Phi) is 4.24. The Balaban J connectivity index is 1.66. The quantitative estimate of drug-likeness (QED) is 0.851. The van der Waals surface area contributed by atoms with E-state index in [1.54, 1.807) is 6.07 Å². The van der Waals surface area contributed by atoms with Gasteiger partial charge < -0.3 is 9.42 Å². The average molecular weight is 289 g/mol. The van der Waals surface area contributed by atoms with Crippen molar-refractivity contribution in [2.24, 2.45) is 5.92 Å². The molecule has 1 aliphatic rings. The number of benzene rings is 1. The molecule has 3 nitrogen and oxygen atoms in total. The zero-order valence-electron chi connectivity index (χ0n) is 12.5. The molecule has 1 unspecified atom stereocenters. The lowest BCUT2D eigenvalue weighted by Gasteiger charge is -2.31. The number of fused-ring (bicyclic) bond motifs is 1. The molecule has 1 fully saturated rings. The molecule has 113 valence electrons. The summed E-state index contributed by atoms with van der Waals surface area (Å²) in [5.41, 5.74) is 1.55. The van der Waals surface area contributed by atoms with Crippen LogP contribution >= 0.6 is 0 Å². The monoisotopic (exact) mass is 289 g/mol. The predicted octanol–water partition coefficient (Wildman–Crippen LogP) is 4.01. The summed E-state index contributed by atoms with van der Waals surface area (Å²) < 4.78 is 18.5. The van der Waals surface area contributed by atoms with E-state index in [2.05, 4.69) is 23.9 Å². The van der Waals surface area contributed by atoms with E-state index in [4.69, 9.17) is 4.52 Å². The Morgan fingerprint density at radius 3 is 2.90 bits per heavy atom. The first kappa shape index (κ1) is 14.5. The SMILES string of the molecule is [CH2]C(C)CCN1CCC(c2noc3cc(F)ccc23)CC1. The van der Waals surface area contributed by atoms with E-state index in [1.807, 2.05) is 0 Å². The first-order valence-corrected chi connectivity index (χ1v) is 7.74. The fourth-order valence-corrected chi connectivity index (χ4v) is 3.06. The van der Waals surface area contributed by atoms with Crippen LogP contribution in [0.4, 0.5) is 4.39 Å². The number of hydrogen-bond acceptors (Lipinski definition) is 3. The van der Waals surface area contributed by atoms with Gasteiger partial charge in [-0.3, -0.25) is 0 Å². The highest BCUT2D eigenvalue weighted by molar-refractivity contribution is 5.79. The maximum atomic E-state index is 13.2. The summed E-state index contributed by atoms with van der Waals surface area (Å²) in [5.74, 6) is 0.657. The van der Waals surface area contributed by atoms with Gasteiger partial charge in [-0.2, -0.15) is 0 Å². The van der Waals surface area contributed by atoms with E-state index in [0.717, 1.165) is 50.0 Å². The second kappa shape index (κ2) is 6.14. The van der Waals surface area contributed by atoms with Crippen molar-refractivity contribution < 1.29 is 8.91 Å². The summed E-state index contributed by atoms with van der Waals surface area (Å²) >= 11 is 0. The molecular formula is C17H22FN2O. The van der Waals surface area contributed by atoms with Crippen LogP contribution in [-0.2, 0) is 0 Å². The fraction of sp³-hybridized carbons (Fsp3) is 0.529. The van der Waals surface area contributed by atoms with Gasteiger partial charge in [0.05, 0.1) is 5.69 Å². The minimum atomic E-state index is -0.276. The maximum Gasteiger partial charge on any atom is 0.170 e. The van der Waals surface area contributed by atoms with Gasteiger partial charge in [0.15, 0.2) is 5.58 Å². The van der Waals surface area contributed by atoms with Gasteiger partial charge in [0, 0.05) is 17.4 Å². The van der Waals surface area contributed by atoms with Crippen LogP contribution in [0.2, 0.25) is 0 Å². The third kappa shape index (κ3) is 3.26. The highest BCUT2D eigenvalue weighted by Crippen LogP contribution is 2.32. The van der Waals surface area contributed by atoms with Crippen LogP contribution in [0.25, 0.3) is 11.0 Å². The van der Waals surface area contributed by atoms with Crippen LogP contribution in [0, 0.1) is 18.7 Å². The van der Waals surface area contributed by atoms with Gasteiger partial charge in [0.25, 0.3) is 0 Å². The van der Waals surface area contributed by atoms with E-state index in [1.165, 1.54) is 12.1 Å². The third-order valence-electron chi connectivity index (χ3n) is 4.37. The van der Waals surface area contributed by atoms with Crippen molar-refractivity contribution in [3.8, 4) is 0 Å². The van der Waals surface area contributed by atoms with E-state index in [9.17, 15) is 4.39 Å². The summed E-state index contributed by atoms with van der Waals surface area (Å²) in [7, 11) is 0. The number of aromatic nitrogens is 1. The van der Waals surface area contributed by atoms with Crippen molar-refractivity contribution in [3.05, 3.63) is 36.6 Å². The molecule has 1 aromatic carbocycles. The molecule has 0 bridgehead atoms. The summed E-state index contributed by atoms with van der Waals surface area (Å²) in [4.78, 5) is 2.50. The molecule has 4 heteroatoms. The Morgan fingerprint density at radius 1 is 1.43 bits per heavy atom. The highest BCUT2D eigenvalue weighted by atomic mass is 19.1. The first-order valence-electron chi connectivity index (χ1n) is 7.74. The third-order valence-corrected chi connectivity index (χ3v) is 4.37. The standard InChI is InChI=1S/C17H22FN2O/c1-12(2)5-8-20-9-6-13(7-10-20)17-15-4-3-14(18)11-16(15)21-19-17/h3-4,11-13H,1,5-10H2,2H3. The molecular weight excluding hydrogens is 267 g/mol. The molecule has 0 aliphatic carbocycles. The summed E-state index contributed by atoms with van der Waals surface area (Å²) in [6, 6.07) is 4.68. The topological polar surface area (TPSA) is 29.3 Å². The summed E-state index contributed by atoms with van der Waals surface area (Å²) in [6.45, 7) is 9.51. The van der Waals surface area contributed by atoms with Crippen LogP contribution in [-0.4, -0.2) is 29.7 Å². The first-order chi connectivity index (χ1) is 10.1. The van der Waals surface area contributed by atoms with Gasteiger partial charge in [0.1, 0.15) is 5.82 Å². The molecule has 3 rings (SSSR count). The molecule has 21 heavy (non-hydrogen) atoms. The van der Waals surface area contributed by atoms with Crippen molar-refractivity contribution in [1.29, 1.82) is 0 Å². The molecule has 1 atom stereocenters. The van der Waals surface area contributed by atoms with Crippen LogP contribution in [0.15, 0.2) is 22.7 Å². The summed E-state index contributed by atoms with van der Waals surface area (Å²) in [5, 5.41) is 5.15. The van der Waals surface area contributed by atoms with Crippen molar-refractivity contribution in [2.45, 2.75) is 32.1 Å². The molecule has 0 amide bonds. The van der Waals surface area contributed by atoms with Gasteiger partial charge in [-0.05, 0) is 56.9 Å². The Labute approximate surface area is 125 Å². The Bertz CT molecular complexity index is 600. The van der Waals surface area contributed by atoms with E-state index in [0.29, 0.717) is 17.4 Å². The van der Waals surface area contributed by atoms with Crippen LogP contribution in [0.5, 0.6) is 0 Å². The minimum absolute atomic E-state index is 0.276. The average Bonchev–Trinajstić information content (AvgIpc) is 2.88. The number of piperidine rings is 1. The molecule has 1 aromatic heterocycles. The molecule has 1 radical (unpaired) electrons. The Morgan fingerprint density at radius 2 is 2.19 bits per heavy atom. The number of halogens is 1. The maximum absolute atomic E-state index is 13.2. The second-order valence-corrected chi connectivity index (χ2v) is 6.22. The smallest absolute Gasteiger partial charge is 0.170 e. The van der Waals surface area contributed by atoms with Gasteiger partial charge >= 0.3 is 0 Å². The van der Waals surface area contributed by atoms with Crippen molar-refractivity contribution in [1.82, 2.24) is 10.1 Å². The molecule has 0 N–H and O–H groups in total. The molecule has 1 aliphatic heterocycles. The number of likely N-dealkylation sites (tertiary alicyclic amines) is 1. The lowest BCUT2D eigenvalue weighted by Crippen LogP contribution is -2.34. The summed E-state index contributed by atoms with van der Waals surface area (Å²) in [6.07, 6.45) is 3.33. The van der Waals surface area contributed by atoms with Crippen molar-refractivity contribution in [2.75, 3.05) is 19.6 Å². The van der Waals surface area contributed by atoms with Crippen molar-refractivity contribution >= 4 is 11.0 Å². The van der Waals surface area contributed by atoms with Gasteiger partial charge in [0.2, 0.25) is 0 Å². The van der Waals surface area contributed by atoms with Gasteiger partial charge in [-0.25, -0.2) is 4.39 Å². The van der Waals surface area contributed by atoms with Crippen LogP contribution in [0.1, 0.15) is 37.8 Å². The molecule has 1 saturated heterocycles. The van der Waals surface area contributed by atoms with Gasteiger partial charge in [-0.1, -0.05) is 19.0 Å². The molecule has 2 aromatic rings. The van der Waals surface area contributed by atoms with Gasteiger partial charge in [-0.15, -0.1) is 0 Å². The highest BCUT2D eigenvalue weighted by Gasteiger charge is 2.24. The zero-order chi connectivity index (χ0) is 14.8. The number of rotatable bonds is 4. The Hall–Kier alpha value is -1.42. The van der Waals surface area contributed by atoms with Crippen LogP contribution < -0.4 is 0 Å². The molecule has 2 heterocycles. The minimum Gasteiger partial charge on any atom is -0.356 e. The fourth-order valence-electron chi connectivity index (χ4n) is 3.06. The lowest BCUT2D eigenvalue weighted by molar-refractivity contribution is 0.202. The normalized spacial score (nSPS) is 17.9. The largest absolute Gasteiger partial charge is 0.356 e. The lowest BCUT2D eigenvalue weighted by atomic mass is 9.91. The number of hydrogen-bond donors (Lipinski definition) is 0. The molecule has 0 spiro atoms. The molecule has 0 saturated carbocycles. The van der Waals surface area contributed by atoms with E-state index < -0.39 is 0 Å². The van der Waals surface area contributed by atoms with Crippen molar-refractivity contribution in [3.63, 3.8) is 0 Å². The second-order valence-electron chi connectivity index (χ2n) is 6.22. The number of nitrogens with zero attached hydrogens (tertiary/aromatic N) is 2. The predicted molar refractivity (Wildman–Crippen MR) is 81.5 cm³/mol. The van der Waals surface area contributed by atoms with E-state index >= 15 is 0 Å².